The van der Waals surface area contributed by atoms with Gasteiger partial charge in [-0.15, -0.1) is 0 Å². The molecule has 0 spiro atoms. The second-order valence-electron chi connectivity index (χ2n) is 5.78. The highest BCUT2D eigenvalue weighted by atomic mass is 16.1. The van der Waals surface area contributed by atoms with Crippen molar-refractivity contribution in [2.24, 2.45) is 0 Å². The maximum atomic E-state index is 12.2. The molecule has 4 heterocycles. The van der Waals surface area contributed by atoms with Crippen LogP contribution in [0.3, 0.4) is 0 Å². The van der Waals surface area contributed by atoms with Crippen LogP contribution in [-0.4, -0.2) is 38.7 Å². The minimum atomic E-state index is -0.118. The van der Waals surface area contributed by atoms with Gasteiger partial charge in [-0.1, -0.05) is 0 Å². The monoisotopic (exact) mass is 285 g/mol. The molecule has 0 aromatic carbocycles. The summed E-state index contributed by atoms with van der Waals surface area (Å²) in [6.45, 7) is 3.45. The molecule has 0 amide bonds. The van der Waals surface area contributed by atoms with Gasteiger partial charge in [0.05, 0.1) is 12.2 Å². The van der Waals surface area contributed by atoms with Gasteiger partial charge in [0.1, 0.15) is 11.2 Å². The van der Waals surface area contributed by atoms with Crippen molar-refractivity contribution in [2.45, 2.75) is 25.4 Å². The molecular weight excluding hydrogens is 268 g/mol. The second-order valence-corrected chi connectivity index (χ2v) is 5.78. The Morgan fingerprint density at radius 1 is 1.14 bits per heavy atom. The number of aromatic nitrogens is 3. The van der Waals surface area contributed by atoms with Crippen molar-refractivity contribution in [3.8, 4) is 0 Å². The van der Waals surface area contributed by atoms with E-state index in [1.54, 1.807) is 15.2 Å². The summed E-state index contributed by atoms with van der Waals surface area (Å²) >= 11 is 0. The third-order valence-electron chi connectivity index (χ3n) is 4.44. The van der Waals surface area contributed by atoms with Gasteiger partial charge in [-0.05, 0) is 38.4 Å². The molecule has 1 saturated heterocycles. The highest BCUT2D eigenvalue weighted by Crippen LogP contribution is 2.23. The van der Waals surface area contributed by atoms with Crippen LogP contribution in [0.1, 0.15) is 18.9 Å². The average molecular weight is 285 g/mol. The van der Waals surface area contributed by atoms with Crippen LogP contribution in [0.15, 0.2) is 27.9 Å². The average Bonchev–Trinajstić information content (AvgIpc) is 2.88. The van der Waals surface area contributed by atoms with Gasteiger partial charge in [-0.2, -0.15) is 0 Å². The van der Waals surface area contributed by atoms with Gasteiger partial charge in [-0.3, -0.25) is 18.7 Å². The number of rotatable bonds is 2. The normalized spacial score (nSPS) is 22.0. The first-order valence-electron chi connectivity index (χ1n) is 7.39. The Balaban J connectivity index is 1.78. The number of piperidine rings is 1. The molecule has 6 nitrogen and oxygen atoms in total. The Hall–Kier alpha value is -1.95. The van der Waals surface area contributed by atoms with E-state index in [4.69, 9.17) is 0 Å². The van der Waals surface area contributed by atoms with E-state index in [9.17, 15) is 9.59 Å². The Labute approximate surface area is 121 Å². The minimum absolute atomic E-state index is 0.0243. The van der Waals surface area contributed by atoms with Crippen LogP contribution in [0.5, 0.6) is 0 Å². The van der Waals surface area contributed by atoms with E-state index in [0.717, 1.165) is 32.5 Å². The van der Waals surface area contributed by atoms with Crippen LogP contribution >= 0.6 is 0 Å². The van der Waals surface area contributed by atoms with Gasteiger partial charge in [0.2, 0.25) is 0 Å². The third-order valence-corrected chi connectivity index (χ3v) is 4.44. The molecule has 6 heteroatoms. The number of likely N-dealkylation sites (tertiary alicyclic amines) is 1. The zero-order chi connectivity index (χ0) is 14.4. The van der Waals surface area contributed by atoms with E-state index in [-0.39, 0.29) is 17.2 Å². The lowest BCUT2D eigenvalue weighted by Crippen LogP contribution is -2.37. The fraction of sp³-hybridized carbons (Fsp3) is 0.467. The SMILES string of the molecule is O=c1ccc2ncc(=O)n3c2n1CC3CN1CC[CH]CC1. The van der Waals surface area contributed by atoms with Gasteiger partial charge < -0.3 is 4.90 Å². The van der Waals surface area contributed by atoms with Crippen molar-refractivity contribution in [1.82, 2.24) is 19.0 Å². The molecule has 4 rings (SSSR count). The molecular formula is C15H17N4O2. The molecule has 1 atom stereocenters. The first-order chi connectivity index (χ1) is 10.2. The van der Waals surface area contributed by atoms with Crippen LogP contribution in [0.25, 0.3) is 11.2 Å². The number of hydrogen-bond donors (Lipinski definition) is 0. The zero-order valence-electron chi connectivity index (χ0n) is 11.7. The van der Waals surface area contributed by atoms with Crippen LogP contribution < -0.4 is 11.1 Å². The Kier molecular flexibility index (Phi) is 2.92. The highest BCUT2D eigenvalue weighted by molar-refractivity contribution is 5.71. The molecule has 1 radical (unpaired) electrons. The molecule has 2 aliphatic heterocycles. The summed E-state index contributed by atoms with van der Waals surface area (Å²) in [6.07, 6.45) is 5.86. The number of hydrogen-bond acceptors (Lipinski definition) is 4. The molecule has 2 aliphatic rings. The van der Waals surface area contributed by atoms with E-state index in [2.05, 4.69) is 16.3 Å². The van der Waals surface area contributed by atoms with Gasteiger partial charge in [0, 0.05) is 19.2 Å². The Morgan fingerprint density at radius 2 is 1.95 bits per heavy atom. The smallest absolute Gasteiger partial charge is 0.270 e. The lowest BCUT2D eigenvalue weighted by molar-refractivity contribution is 0.214. The number of nitrogens with zero attached hydrogens (tertiary/aromatic N) is 4. The molecule has 1 fully saturated rings. The van der Waals surface area contributed by atoms with E-state index in [0.29, 0.717) is 17.7 Å². The lowest BCUT2D eigenvalue weighted by atomic mass is 10.1. The maximum Gasteiger partial charge on any atom is 0.270 e. The van der Waals surface area contributed by atoms with Crippen molar-refractivity contribution in [3.05, 3.63) is 45.5 Å². The van der Waals surface area contributed by atoms with Crippen LogP contribution in [0.4, 0.5) is 0 Å². The van der Waals surface area contributed by atoms with Crippen molar-refractivity contribution in [1.29, 1.82) is 0 Å². The first-order valence-corrected chi connectivity index (χ1v) is 7.39. The molecule has 0 N–H and O–H groups in total. The highest BCUT2D eigenvalue weighted by Gasteiger charge is 2.28. The molecule has 0 aliphatic carbocycles. The molecule has 2 aromatic rings. The predicted octanol–water partition coefficient (Wildman–Crippen LogP) is 0.413. The summed E-state index contributed by atoms with van der Waals surface area (Å²) in [4.78, 5) is 30.8. The van der Waals surface area contributed by atoms with Crippen LogP contribution in [-0.2, 0) is 6.54 Å². The summed E-state index contributed by atoms with van der Waals surface area (Å²) in [6, 6.07) is 3.25. The summed E-state index contributed by atoms with van der Waals surface area (Å²) in [5.74, 6) is 0. The fourth-order valence-electron chi connectivity index (χ4n) is 3.45. The van der Waals surface area contributed by atoms with E-state index in [1.807, 2.05) is 0 Å². The molecule has 109 valence electrons. The largest absolute Gasteiger partial charge is 0.301 e. The summed E-state index contributed by atoms with van der Waals surface area (Å²) in [5, 5.41) is 0. The lowest BCUT2D eigenvalue weighted by Gasteiger charge is -2.29. The summed E-state index contributed by atoms with van der Waals surface area (Å²) in [5.41, 5.74) is 1.21. The molecule has 21 heavy (non-hydrogen) atoms. The van der Waals surface area contributed by atoms with Crippen molar-refractivity contribution >= 4 is 11.2 Å². The number of pyridine rings is 1. The summed E-state index contributed by atoms with van der Waals surface area (Å²) < 4.78 is 3.44. The van der Waals surface area contributed by atoms with E-state index >= 15 is 0 Å². The quantitative estimate of drug-likeness (QED) is 0.802. The van der Waals surface area contributed by atoms with Gasteiger partial charge >= 0.3 is 0 Å². The van der Waals surface area contributed by atoms with Gasteiger partial charge in [0.15, 0.2) is 0 Å². The third kappa shape index (κ3) is 2.01. The zero-order valence-corrected chi connectivity index (χ0v) is 11.7. The Morgan fingerprint density at radius 3 is 2.76 bits per heavy atom. The van der Waals surface area contributed by atoms with Crippen LogP contribution in [0, 0.1) is 6.42 Å². The topological polar surface area (TPSA) is 60.1 Å². The molecule has 0 saturated carbocycles. The maximum absolute atomic E-state index is 12.2. The van der Waals surface area contributed by atoms with Crippen molar-refractivity contribution in [3.63, 3.8) is 0 Å². The standard InChI is InChI=1S/C15H17N4O2/c20-13-5-4-12-15-18(13)10-11(19(15)14(21)8-16-12)9-17-6-2-1-3-7-17/h1,4-5,8,11H,2-3,6-7,9-10H2. The van der Waals surface area contributed by atoms with E-state index < -0.39 is 0 Å². The molecule has 1 unspecified atom stereocenters. The fourth-order valence-corrected chi connectivity index (χ4v) is 3.45. The van der Waals surface area contributed by atoms with E-state index in [1.165, 1.54) is 12.3 Å². The molecule has 0 bridgehead atoms. The minimum Gasteiger partial charge on any atom is -0.301 e. The molecule has 2 aromatic heterocycles. The summed E-state index contributed by atoms with van der Waals surface area (Å²) in [7, 11) is 0. The van der Waals surface area contributed by atoms with Crippen molar-refractivity contribution < 1.29 is 0 Å². The first kappa shape index (κ1) is 12.8. The van der Waals surface area contributed by atoms with Gasteiger partial charge in [0.25, 0.3) is 11.1 Å². The van der Waals surface area contributed by atoms with Crippen LogP contribution in [0.2, 0.25) is 0 Å². The predicted molar refractivity (Wildman–Crippen MR) is 79.3 cm³/mol. The second kappa shape index (κ2) is 4.80. The van der Waals surface area contributed by atoms with Crippen molar-refractivity contribution in [2.75, 3.05) is 19.6 Å². The Bertz CT molecular complexity index is 796. The van der Waals surface area contributed by atoms with Gasteiger partial charge in [-0.25, -0.2) is 4.98 Å².